The second-order valence-electron chi connectivity index (χ2n) is 11.1. The molecule has 0 aliphatic heterocycles. The van der Waals surface area contributed by atoms with Gasteiger partial charge in [-0.05, 0) is 79.9 Å². The van der Waals surface area contributed by atoms with E-state index in [0.29, 0.717) is 17.9 Å². The first kappa shape index (κ1) is 31.3. The first-order valence-corrected chi connectivity index (χ1v) is 14.4. The Morgan fingerprint density at radius 2 is 1.14 bits per heavy atom. The van der Waals surface area contributed by atoms with E-state index >= 15 is 0 Å². The fourth-order valence-corrected chi connectivity index (χ4v) is 5.46. The zero-order valence-electron chi connectivity index (χ0n) is 24.4. The Morgan fingerprint density at radius 3 is 1.52 bits per heavy atom. The predicted molar refractivity (Wildman–Crippen MR) is 174 cm³/mol. The molecule has 2 aromatic heterocycles. The summed E-state index contributed by atoms with van der Waals surface area (Å²) in [6.07, 6.45) is -0.0653. The van der Waals surface area contributed by atoms with E-state index in [1.165, 1.54) is 0 Å². The molecule has 2 unspecified atom stereocenters. The Bertz CT molecular complexity index is 1670. The van der Waals surface area contributed by atoms with E-state index in [0.717, 1.165) is 44.8 Å². The van der Waals surface area contributed by atoms with Gasteiger partial charge in [0.1, 0.15) is 23.1 Å². The van der Waals surface area contributed by atoms with Crippen molar-refractivity contribution in [2.45, 2.75) is 51.2 Å². The van der Waals surface area contributed by atoms with Crippen LogP contribution in [0.5, 0.6) is 11.5 Å². The molecule has 6 rings (SSSR count). The minimum absolute atomic E-state index is 0. The number of hydrogen-bond donors (Lipinski definition) is 3. The molecule has 0 saturated heterocycles. The maximum atomic E-state index is 11.6. The zero-order valence-corrected chi connectivity index (χ0v) is 24.4. The van der Waals surface area contributed by atoms with Gasteiger partial charge in [-0.3, -0.25) is 4.79 Å². The molecule has 2 heterocycles. The molecule has 0 radical (unpaired) electrons. The number of aliphatic carboxylic acids is 1. The number of ether oxygens (including phenoxy) is 2. The van der Waals surface area contributed by atoms with E-state index in [4.69, 9.17) is 9.47 Å². The van der Waals surface area contributed by atoms with E-state index in [1.54, 1.807) is 0 Å². The van der Waals surface area contributed by atoms with Crippen molar-refractivity contribution in [1.82, 2.24) is 19.9 Å². The van der Waals surface area contributed by atoms with E-state index in [9.17, 15) is 9.90 Å². The Hall–Kier alpha value is -4.11. The summed E-state index contributed by atoms with van der Waals surface area (Å²) < 4.78 is 12.4. The van der Waals surface area contributed by atoms with Crippen LogP contribution < -0.4 is 9.47 Å². The van der Waals surface area contributed by atoms with Crippen LogP contribution in [0.3, 0.4) is 0 Å². The van der Waals surface area contributed by atoms with E-state index in [-0.39, 0.29) is 48.2 Å². The number of aromatic amines is 2. The standard InChI is InChI=1S/C35H34N4O4.Na.H/c1-22(33-36-28-8-4-5-9-29(28)37-33)42-26-16-12-24(13-17-26)35(3,21-20-32(40)41)25-14-18-27(19-15-25)43-23(2)34-38-30-10-6-7-11-31(30)39-34;;/h4-19,22-23H,20-21H2,1-3H3,(H,36,37)(H,38,39)(H,40,41);;. The number of carbonyl (C=O) groups is 1. The van der Waals surface area contributed by atoms with E-state index in [1.807, 2.05) is 111 Å². The molecular weight excluding hydrogens is 563 g/mol. The summed E-state index contributed by atoms with van der Waals surface area (Å²) in [5.41, 5.74) is 5.21. The van der Waals surface area contributed by atoms with Crippen molar-refractivity contribution in [3.05, 3.63) is 120 Å². The van der Waals surface area contributed by atoms with E-state index < -0.39 is 11.4 Å². The molecule has 0 saturated carbocycles. The first-order chi connectivity index (χ1) is 20.8. The molecule has 2 atom stereocenters. The van der Waals surface area contributed by atoms with Crippen LogP contribution in [0.4, 0.5) is 0 Å². The van der Waals surface area contributed by atoms with Crippen LogP contribution in [0.1, 0.15) is 68.6 Å². The molecule has 220 valence electrons. The third-order valence-corrected chi connectivity index (χ3v) is 8.03. The van der Waals surface area contributed by atoms with Crippen LogP contribution in [0, 0.1) is 0 Å². The number of nitrogens with zero attached hydrogens (tertiary/aromatic N) is 2. The van der Waals surface area contributed by atoms with Gasteiger partial charge >= 0.3 is 35.5 Å². The van der Waals surface area contributed by atoms with Gasteiger partial charge in [0, 0.05) is 11.8 Å². The number of carboxylic acid groups (broad SMARTS) is 1. The molecule has 3 N–H and O–H groups in total. The Balaban J connectivity index is 0.00000384. The summed E-state index contributed by atoms with van der Waals surface area (Å²) in [7, 11) is 0. The summed E-state index contributed by atoms with van der Waals surface area (Å²) in [4.78, 5) is 27.5. The second kappa shape index (κ2) is 13.3. The fraction of sp³-hybridized carbons (Fsp3) is 0.229. The van der Waals surface area contributed by atoms with Crippen LogP contribution in [0.25, 0.3) is 22.1 Å². The monoisotopic (exact) mass is 598 g/mol. The van der Waals surface area contributed by atoms with E-state index in [2.05, 4.69) is 26.9 Å². The molecule has 4 aromatic carbocycles. The van der Waals surface area contributed by atoms with Crippen LogP contribution in [0.2, 0.25) is 0 Å². The third kappa shape index (κ3) is 6.68. The summed E-state index contributed by atoms with van der Waals surface area (Å²) >= 11 is 0. The Labute approximate surface area is 278 Å². The number of fused-ring (bicyclic) bond motifs is 2. The van der Waals surface area contributed by atoms with Crippen molar-refractivity contribution < 1.29 is 19.4 Å². The zero-order chi connectivity index (χ0) is 30.0. The van der Waals surface area contributed by atoms with Gasteiger partial charge in [0.15, 0.2) is 12.2 Å². The molecule has 44 heavy (non-hydrogen) atoms. The molecule has 0 aliphatic rings. The van der Waals surface area contributed by atoms with Crippen molar-refractivity contribution >= 4 is 57.6 Å². The van der Waals surface area contributed by atoms with Crippen LogP contribution >= 0.6 is 0 Å². The van der Waals surface area contributed by atoms with Gasteiger partial charge in [0.25, 0.3) is 0 Å². The van der Waals surface area contributed by atoms with Gasteiger partial charge in [0.2, 0.25) is 0 Å². The number of imidazole rings is 2. The minimum atomic E-state index is -0.828. The third-order valence-electron chi connectivity index (χ3n) is 8.03. The normalized spacial score (nSPS) is 14.0. The Morgan fingerprint density at radius 1 is 0.727 bits per heavy atom. The van der Waals surface area contributed by atoms with Crippen molar-refractivity contribution in [3.63, 3.8) is 0 Å². The summed E-state index contributed by atoms with van der Waals surface area (Å²) in [6.45, 7) is 6.00. The maximum absolute atomic E-state index is 11.6. The number of rotatable bonds is 11. The SMILES string of the molecule is CC(Oc1ccc(C(C)(CCC(=O)O)c2ccc(OC(C)c3nc4ccccc4[nH]3)cc2)cc1)c1nc2ccccc2[nH]1.[NaH]. The van der Waals surface area contributed by atoms with Gasteiger partial charge in [-0.2, -0.15) is 0 Å². The molecule has 0 spiro atoms. The number of carboxylic acids is 1. The molecule has 0 aliphatic carbocycles. The van der Waals surface area contributed by atoms with Crippen molar-refractivity contribution in [2.75, 3.05) is 0 Å². The average Bonchev–Trinajstić information content (AvgIpc) is 3.66. The molecule has 0 fully saturated rings. The quantitative estimate of drug-likeness (QED) is 0.136. The summed E-state index contributed by atoms with van der Waals surface area (Å²) in [5.74, 6) is 2.11. The predicted octanol–water partition coefficient (Wildman–Crippen LogP) is 7.24. The molecule has 8 nitrogen and oxygen atoms in total. The van der Waals surface area contributed by atoms with Crippen molar-refractivity contribution in [1.29, 1.82) is 0 Å². The van der Waals surface area contributed by atoms with Crippen molar-refractivity contribution in [3.8, 4) is 11.5 Å². The number of aromatic nitrogens is 4. The molecular formula is C35H35N4NaO4. The first-order valence-electron chi connectivity index (χ1n) is 14.4. The van der Waals surface area contributed by atoms with Crippen LogP contribution in [0.15, 0.2) is 97.1 Å². The number of H-pyrrole nitrogens is 2. The number of benzene rings is 4. The number of nitrogens with one attached hydrogen (secondary N) is 2. The molecule has 9 heteroatoms. The van der Waals surface area contributed by atoms with Gasteiger partial charge in [0.05, 0.1) is 22.1 Å². The van der Waals surface area contributed by atoms with Crippen LogP contribution in [-0.2, 0) is 10.2 Å². The number of para-hydroxylation sites is 4. The van der Waals surface area contributed by atoms with Gasteiger partial charge in [-0.25, -0.2) is 9.97 Å². The van der Waals surface area contributed by atoms with Crippen LogP contribution in [-0.4, -0.2) is 60.6 Å². The summed E-state index contributed by atoms with van der Waals surface area (Å²) in [6, 6.07) is 31.5. The number of hydrogen-bond acceptors (Lipinski definition) is 5. The second-order valence-corrected chi connectivity index (χ2v) is 11.1. The van der Waals surface area contributed by atoms with Gasteiger partial charge < -0.3 is 24.5 Å². The fourth-order valence-electron chi connectivity index (χ4n) is 5.46. The topological polar surface area (TPSA) is 113 Å². The Kier molecular flexibility index (Phi) is 9.44. The summed E-state index contributed by atoms with van der Waals surface area (Å²) in [5, 5.41) is 9.52. The average molecular weight is 599 g/mol. The van der Waals surface area contributed by atoms with Crippen molar-refractivity contribution in [2.24, 2.45) is 0 Å². The van der Waals surface area contributed by atoms with Gasteiger partial charge in [-0.15, -0.1) is 0 Å². The molecule has 0 amide bonds. The molecule has 0 bridgehead atoms. The van der Waals surface area contributed by atoms with Gasteiger partial charge in [-0.1, -0.05) is 55.5 Å². The molecule has 6 aromatic rings.